The van der Waals surface area contributed by atoms with Gasteiger partial charge in [-0.25, -0.2) is 0 Å². The molecule has 1 N–H and O–H groups in total. The summed E-state index contributed by atoms with van der Waals surface area (Å²) < 4.78 is 0. The number of benzene rings is 1. The Hall–Kier alpha value is -1.39. The van der Waals surface area contributed by atoms with Crippen LogP contribution in [0.5, 0.6) is 0 Å². The Morgan fingerprint density at radius 3 is 2.43 bits per heavy atom. The predicted molar refractivity (Wildman–Crippen MR) is 83.2 cm³/mol. The van der Waals surface area contributed by atoms with Crippen LogP contribution in [0.3, 0.4) is 0 Å². The van der Waals surface area contributed by atoms with Crippen molar-refractivity contribution in [2.45, 2.75) is 50.8 Å². The topological polar surface area (TPSA) is 43.8 Å². The van der Waals surface area contributed by atoms with Crippen LogP contribution in [0.4, 0.5) is 5.69 Å². The third kappa shape index (κ3) is 2.97. The number of hydrogen-bond donors (Lipinski definition) is 1. The summed E-state index contributed by atoms with van der Waals surface area (Å²) in [6, 6.07) is 10.6. The molecule has 2 aliphatic heterocycles. The molecule has 2 saturated heterocycles. The molecule has 2 fully saturated rings. The van der Waals surface area contributed by atoms with E-state index in [0.717, 1.165) is 31.4 Å². The number of anilines is 1. The molecule has 4 heteroatoms. The second-order valence-electron chi connectivity index (χ2n) is 6.16. The van der Waals surface area contributed by atoms with E-state index < -0.39 is 0 Å². The molecule has 0 radical (unpaired) electrons. The van der Waals surface area contributed by atoms with E-state index in [0.29, 0.717) is 25.2 Å². The maximum Gasteiger partial charge on any atom is 0.241 e. The molecule has 4 nitrogen and oxygen atoms in total. The van der Waals surface area contributed by atoms with E-state index in [2.05, 4.69) is 4.90 Å². The second kappa shape index (κ2) is 6.16. The first-order valence-corrected chi connectivity index (χ1v) is 7.98. The van der Waals surface area contributed by atoms with E-state index in [1.54, 1.807) is 0 Å². The normalized spacial score (nSPS) is 28.6. The molecule has 0 aliphatic carbocycles. The highest BCUT2D eigenvalue weighted by molar-refractivity contribution is 5.94. The zero-order valence-electron chi connectivity index (χ0n) is 12.6. The van der Waals surface area contributed by atoms with E-state index in [9.17, 15) is 9.90 Å². The number of aliphatic hydroxyl groups is 1. The van der Waals surface area contributed by atoms with E-state index >= 15 is 0 Å². The lowest BCUT2D eigenvalue weighted by Crippen LogP contribution is -2.50. The van der Waals surface area contributed by atoms with Gasteiger partial charge in [0.1, 0.15) is 0 Å². The lowest BCUT2D eigenvalue weighted by molar-refractivity contribution is -0.121. The Morgan fingerprint density at radius 2 is 1.86 bits per heavy atom. The highest BCUT2D eigenvalue weighted by Gasteiger charge is 2.41. The maximum atomic E-state index is 12.7. The minimum Gasteiger partial charge on any atom is -0.393 e. The molecule has 1 amide bonds. The summed E-state index contributed by atoms with van der Waals surface area (Å²) in [6.07, 6.45) is 3.70. The molecule has 2 heterocycles. The first kappa shape index (κ1) is 14.5. The van der Waals surface area contributed by atoms with Gasteiger partial charge < -0.3 is 10.0 Å². The van der Waals surface area contributed by atoms with Gasteiger partial charge in [0.15, 0.2) is 0 Å². The van der Waals surface area contributed by atoms with Crippen LogP contribution in [0.25, 0.3) is 0 Å². The zero-order chi connectivity index (χ0) is 14.8. The largest absolute Gasteiger partial charge is 0.393 e. The van der Waals surface area contributed by atoms with Crippen LogP contribution in [-0.2, 0) is 4.79 Å². The second-order valence-corrected chi connectivity index (χ2v) is 6.16. The molecular formula is C17H24N2O2. The average Bonchev–Trinajstić information content (AvgIpc) is 2.72. The van der Waals surface area contributed by atoms with Crippen molar-refractivity contribution in [3.63, 3.8) is 0 Å². The molecule has 0 spiro atoms. The van der Waals surface area contributed by atoms with Crippen molar-refractivity contribution >= 4 is 11.6 Å². The van der Waals surface area contributed by atoms with Crippen molar-refractivity contribution in [1.82, 2.24) is 4.90 Å². The number of fused-ring (bicyclic) bond motifs is 2. The van der Waals surface area contributed by atoms with Crippen molar-refractivity contribution in [2.75, 3.05) is 18.0 Å². The Morgan fingerprint density at radius 1 is 1.24 bits per heavy atom. The maximum absolute atomic E-state index is 12.7. The lowest BCUT2D eigenvalue weighted by atomic mass is 10.00. The Balaban J connectivity index is 1.68. The van der Waals surface area contributed by atoms with Crippen LogP contribution in [0.1, 0.15) is 32.6 Å². The number of para-hydroxylation sites is 1. The van der Waals surface area contributed by atoms with Gasteiger partial charge in [-0.3, -0.25) is 9.69 Å². The van der Waals surface area contributed by atoms with Crippen LogP contribution < -0.4 is 4.90 Å². The fourth-order valence-corrected chi connectivity index (χ4v) is 3.86. The van der Waals surface area contributed by atoms with Gasteiger partial charge in [0.25, 0.3) is 0 Å². The van der Waals surface area contributed by atoms with Crippen molar-refractivity contribution in [3.8, 4) is 0 Å². The molecule has 1 aromatic rings. The smallest absolute Gasteiger partial charge is 0.241 e. The monoisotopic (exact) mass is 288 g/mol. The van der Waals surface area contributed by atoms with Crippen molar-refractivity contribution < 1.29 is 9.90 Å². The van der Waals surface area contributed by atoms with Crippen LogP contribution in [0, 0.1) is 0 Å². The number of piperidine rings is 1. The molecule has 21 heavy (non-hydrogen) atoms. The van der Waals surface area contributed by atoms with E-state index in [-0.39, 0.29) is 12.0 Å². The molecule has 3 rings (SSSR count). The number of carbonyl (C=O) groups is 1. The number of likely N-dealkylation sites (N-methyl/N-ethyl adjacent to an activating group) is 1. The number of amides is 1. The van der Waals surface area contributed by atoms with Crippen molar-refractivity contribution in [3.05, 3.63) is 30.3 Å². The van der Waals surface area contributed by atoms with Gasteiger partial charge in [-0.05, 0) is 44.7 Å². The molecule has 114 valence electrons. The van der Waals surface area contributed by atoms with Gasteiger partial charge in [0.2, 0.25) is 5.91 Å². The first-order valence-electron chi connectivity index (χ1n) is 7.98. The highest BCUT2D eigenvalue weighted by atomic mass is 16.3. The van der Waals surface area contributed by atoms with Gasteiger partial charge in [0, 0.05) is 24.3 Å². The molecule has 0 aromatic heterocycles. The summed E-state index contributed by atoms with van der Waals surface area (Å²) in [5, 5.41) is 9.85. The van der Waals surface area contributed by atoms with E-state index in [4.69, 9.17) is 0 Å². The van der Waals surface area contributed by atoms with Gasteiger partial charge >= 0.3 is 0 Å². The van der Waals surface area contributed by atoms with Gasteiger partial charge in [-0.1, -0.05) is 18.2 Å². The molecule has 0 saturated carbocycles. The number of hydrogen-bond acceptors (Lipinski definition) is 3. The van der Waals surface area contributed by atoms with Crippen LogP contribution >= 0.6 is 0 Å². The third-order valence-corrected chi connectivity index (χ3v) is 4.86. The predicted octanol–water partition coefficient (Wildman–Crippen LogP) is 2.03. The van der Waals surface area contributed by atoms with E-state index in [1.165, 1.54) is 0 Å². The van der Waals surface area contributed by atoms with Gasteiger partial charge in [-0.2, -0.15) is 0 Å². The fourth-order valence-electron chi connectivity index (χ4n) is 3.86. The minimum atomic E-state index is -0.176. The van der Waals surface area contributed by atoms with Crippen LogP contribution in [0.15, 0.2) is 30.3 Å². The number of nitrogens with zero attached hydrogens (tertiary/aromatic N) is 2. The average molecular weight is 288 g/mol. The SMILES string of the molecule is CCN(C(=O)CN1C2CCC1CC(O)C2)c1ccccc1. The van der Waals surface area contributed by atoms with E-state index in [1.807, 2.05) is 42.2 Å². The lowest BCUT2D eigenvalue weighted by Gasteiger charge is -2.37. The van der Waals surface area contributed by atoms with Crippen LogP contribution in [-0.4, -0.2) is 47.2 Å². The summed E-state index contributed by atoms with van der Waals surface area (Å²) in [7, 11) is 0. The molecule has 1 aromatic carbocycles. The summed E-state index contributed by atoms with van der Waals surface area (Å²) in [4.78, 5) is 16.8. The van der Waals surface area contributed by atoms with Gasteiger partial charge in [0.05, 0.1) is 12.6 Å². The summed E-state index contributed by atoms with van der Waals surface area (Å²) in [5.74, 6) is 0.164. The molecule has 2 bridgehead atoms. The van der Waals surface area contributed by atoms with Crippen molar-refractivity contribution in [2.24, 2.45) is 0 Å². The number of rotatable bonds is 4. The first-order chi connectivity index (χ1) is 10.2. The third-order valence-electron chi connectivity index (χ3n) is 4.86. The summed E-state index contributed by atoms with van der Waals surface area (Å²) >= 11 is 0. The van der Waals surface area contributed by atoms with Crippen LogP contribution in [0.2, 0.25) is 0 Å². The summed E-state index contributed by atoms with van der Waals surface area (Å²) in [6.45, 7) is 3.18. The Labute approximate surface area is 126 Å². The highest BCUT2D eigenvalue weighted by Crippen LogP contribution is 2.35. The molecule has 2 unspecified atom stereocenters. The van der Waals surface area contributed by atoms with Crippen molar-refractivity contribution in [1.29, 1.82) is 0 Å². The minimum absolute atomic E-state index is 0.164. The fraction of sp³-hybridized carbons (Fsp3) is 0.588. The standard InChI is InChI=1S/C17H24N2O2/c1-2-18(13-6-4-3-5-7-13)17(21)12-19-14-8-9-15(19)11-16(20)10-14/h3-7,14-16,20H,2,8-12H2,1H3. The molecule has 2 aliphatic rings. The number of aliphatic hydroxyl groups excluding tert-OH is 1. The summed E-state index contributed by atoms with van der Waals surface area (Å²) in [5.41, 5.74) is 0.967. The Bertz CT molecular complexity index is 477. The molecule has 2 atom stereocenters. The molecular weight excluding hydrogens is 264 g/mol. The zero-order valence-corrected chi connectivity index (χ0v) is 12.6. The Kier molecular flexibility index (Phi) is 4.27. The quantitative estimate of drug-likeness (QED) is 0.922. The van der Waals surface area contributed by atoms with Gasteiger partial charge in [-0.15, -0.1) is 0 Å². The number of carbonyl (C=O) groups excluding carboxylic acids is 1.